The highest BCUT2D eigenvalue weighted by Crippen LogP contribution is 2.30. The summed E-state index contributed by atoms with van der Waals surface area (Å²) >= 11 is 1.58. The molecule has 0 heterocycles. The van der Waals surface area contributed by atoms with Crippen LogP contribution in [0, 0.1) is 13.8 Å². The fourth-order valence-corrected chi connectivity index (χ4v) is 4.88. The first-order valence-corrected chi connectivity index (χ1v) is 15.0. The van der Waals surface area contributed by atoms with Crippen LogP contribution in [0.1, 0.15) is 70.2 Å². The van der Waals surface area contributed by atoms with Gasteiger partial charge in [0.15, 0.2) is 0 Å². The average molecular weight is 572 g/mol. The lowest BCUT2D eigenvalue weighted by Gasteiger charge is -2.38. The molecule has 0 bridgehead atoms. The second-order valence-electron chi connectivity index (χ2n) is 11.0. The predicted octanol–water partition coefficient (Wildman–Crippen LogP) is 6.27. The van der Waals surface area contributed by atoms with Crippen molar-refractivity contribution in [2.75, 3.05) is 24.4 Å². The van der Waals surface area contributed by atoms with E-state index in [2.05, 4.69) is 10.6 Å². The van der Waals surface area contributed by atoms with E-state index in [4.69, 9.17) is 9.47 Å². The summed E-state index contributed by atoms with van der Waals surface area (Å²) in [6, 6.07) is 10.9. The van der Waals surface area contributed by atoms with Crippen LogP contribution in [0.25, 0.3) is 0 Å². The van der Waals surface area contributed by atoms with Crippen molar-refractivity contribution < 1.29 is 23.9 Å². The summed E-state index contributed by atoms with van der Waals surface area (Å²) in [7, 11) is 1.58. The maximum Gasteiger partial charge on any atom is 0.408 e. The van der Waals surface area contributed by atoms with Gasteiger partial charge >= 0.3 is 6.09 Å². The topological polar surface area (TPSA) is 97.0 Å². The lowest BCUT2D eigenvalue weighted by Crippen LogP contribution is -2.55. The van der Waals surface area contributed by atoms with Gasteiger partial charge < -0.3 is 25.0 Å². The molecule has 3 atom stereocenters. The van der Waals surface area contributed by atoms with E-state index in [1.54, 1.807) is 68.8 Å². The number of carbonyl (C=O) groups excluding carboxylic acids is 3. The van der Waals surface area contributed by atoms with Crippen LogP contribution < -0.4 is 15.4 Å². The highest BCUT2D eigenvalue weighted by molar-refractivity contribution is 7.98. The number of hydrogen-bond acceptors (Lipinski definition) is 6. The summed E-state index contributed by atoms with van der Waals surface area (Å²) in [5.41, 5.74) is 2.55. The van der Waals surface area contributed by atoms with Gasteiger partial charge in [0, 0.05) is 11.7 Å². The van der Waals surface area contributed by atoms with E-state index in [1.807, 2.05) is 52.1 Å². The van der Waals surface area contributed by atoms with E-state index in [9.17, 15) is 14.4 Å². The Hall–Kier alpha value is -3.20. The molecule has 3 unspecified atom stereocenters. The maximum atomic E-state index is 14.3. The van der Waals surface area contributed by atoms with Crippen LogP contribution in [0.5, 0.6) is 5.75 Å². The first-order chi connectivity index (χ1) is 18.8. The first kappa shape index (κ1) is 33.0. The number of methoxy groups -OCH3 is 1. The van der Waals surface area contributed by atoms with Gasteiger partial charge in [-0.1, -0.05) is 36.2 Å². The van der Waals surface area contributed by atoms with Gasteiger partial charge in [0.1, 0.15) is 23.4 Å². The molecule has 0 saturated heterocycles. The zero-order chi connectivity index (χ0) is 30.0. The first-order valence-electron chi connectivity index (χ1n) is 13.6. The third-order valence-corrected chi connectivity index (χ3v) is 7.01. The van der Waals surface area contributed by atoms with E-state index in [1.165, 1.54) is 0 Å². The monoisotopic (exact) mass is 571 g/mol. The largest absolute Gasteiger partial charge is 0.497 e. The van der Waals surface area contributed by atoms with Crippen molar-refractivity contribution in [2.24, 2.45) is 0 Å². The molecular formula is C31H45N3O5S. The minimum atomic E-state index is -0.930. The fraction of sp³-hybridized carbons (Fsp3) is 0.516. The lowest BCUT2D eigenvalue weighted by atomic mass is 9.96. The second kappa shape index (κ2) is 15.0. The number of nitrogens with zero attached hydrogens (tertiary/aromatic N) is 1. The molecule has 2 aromatic rings. The molecule has 0 aliphatic carbocycles. The van der Waals surface area contributed by atoms with Crippen molar-refractivity contribution in [3.8, 4) is 5.75 Å². The molecule has 0 aliphatic rings. The molecule has 9 heteroatoms. The van der Waals surface area contributed by atoms with Crippen LogP contribution in [0.15, 0.2) is 42.5 Å². The molecule has 0 spiro atoms. The van der Waals surface area contributed by atoms with Crippen LogP contribution in [-0.4, -0.2) is 59.6 Å². The highest BCUT2D eigenvalue weighted by atomic mass is 32.2. The number of thioether (sulfide) groups is 1. The molecule has 3 amide bonds. The zero-order valence-electron chi connectivity index (χ0n) is 25.3. The van der Waals surface area contributed by atoms with Crippen LogP contribution >= 0.6 is 11.8 Å². The van der Waals surface area contributed by atoms with E-state index in [-0.39, 0.29) is 17.9 Å². The Labute approximate surface area is 243 Å². The molecule has 40 heavy (non-hydrogen) atoms. The Morgan fingerprint density at radius 1 is 1.02 bits per heavy atom. The van der Waals surface area contributed by atoms with Gasteiger partial charge in [0.25, 0.3) is 5.91 Å². The molecule has 0 fully saturated rings. The minimum Gasteiger partial charge on any atom is -0.497 e. The van der Waals surface area contributed by atoms with E-state index in [0.29, 0.717) is 35.6 Å². The summed E-state index contributed by atoms with van der Waals surface area (Å²) in [6.07, 6.45) is 2.29. The number of alkyl carbamates (subject to hydrolysis) is 1. The predicted molar refractivity (Wildman–Crippen MR) is 163 cm³/mol. The van der Waals surface area contributed by atoms with Crippen LogP contribution in [0.4, 0.5) is 10.5 Å². The molecule has 2 aromatic carbocycles. The molecule has 0 radical (unpaired) electrons. The van der Waals surface area contributed by atoms with Gasteiger partial charge in [-0.05, 0) is 96.2 Å². The van der Waals surface area contributed by atoms with Crippen molar-refractivity contribution in [3.05, 3.63) is 59.2 Å². The minimum absolute atomic E-state index is 0.294. The quantitative estimate of drug-likeness (QED) is 0.312. The summed E-state index contributed by atoms with van der Waals surface area (Å²) in [5.74, 6) is 0.644. The van der Waals surface area contributed by atoms with Gasteiger partial charge in [-0.25, -0.2) is 4.79 Å². The Morgan fingerprint density at radius 3 is 2.12 bits per heavy atom. The SMILES string of the molecule is CCC(C)N(C(=O)C(CCSC)NC(=O)OC(C)(C)C)C(C(=O)Nc1ccc(OC)cc1)c1cc(C)cc(C)c1. The van der Waals surface area contributed by atoms with Crippen LogP contribution in [-0.2, 0) is 14.3 Å². The smallest absolute Gasteiger partial charge is 0.408 e. The van der Waals surface area contributed by atoms with E-state index in [0.717, 1.165) is 11.1 Å². The number of aryl methyl sites for hydroxylation is 2. The van der Waals surface area contributed by atoms with Gasteiger partial charge in [-0.3, -0.25) is 9.59 Å². The Balaban J connectivity index is 2.58. The second-order valence-corrected chi connectivity index (χ2v) is 12.0. The van der Waals surface area contributed by atoms with Crippen molar-refractivity contribution in [3.63, 3.8) is 0 Å². The van der Waals surface area contributed by atoms with Crippen LogP contribution in [0.3, 0.4) is 0 Å². The van der Waals surface area contributed by atoms with Crippen molar-refractivity contribution in [2.45, 2.75) is 85.0 Å². The molecule has 2 N–H and O–H groups in total. The van der Waals surface area contributed by atoms with Crippen molar-refractivity contribution >= 4 is 35.4 Å². The summed E-state index contributed by atoms with van der Waals surface area (Å²) in [4.78, 5) is 42.8. The molecule has 8 nitrogen and oxygen atoms in total. The normalized spacial score (nSPS) is 13.5. The standard InChI is InChI=1S/C31H45N3O5S/c1-10-22(4)34(29(36)26(15-16-40-9)33-30(37)39-31(5,6)7)27(23-18-20(2)17-21(3)19-23)28(35)32-24-11-13-25(38-8)14-12-24/h11-14,17-19,22,26-27H,10,15-16H2,1-9H3,(H,32,35)(H,33,37). The molecule has 0 aromatic heterocycles. The van der Waals surface area contributed by atoms with Gasteiger partial charge in [-0.15, -0.1) is 0 Å². The molecule has 220 valence electrons. The summed E-state index contributed by atoms with van der Waals surface area (Å²) < 4.78 is 10.7. The number of amides is 3. The fourth-order valence-electron chi connectivity index (χ4n) is 4.41. The Morgan fingerprint density at radius 2 is 1.62 bits per heavy atom. The van der Waals surface area contributed by atoms with Gasteiger partial charge in [0.2, 0.25) is 5.91 Å². The maximum absolute atomic E-state index is 14.3. The summed E-state index contributed by atoms with van der Waals surface area (Å²) in [6.45, 7) is 13.2. The number of nitrogens with one attached hydrogen (secondary N) is 2. The number of rotatable bonds is 12. The summed E-state index contributed by atoms with van der Waals surface area (Å²) in [5, 5.41) is 5.78. The Bertz CT molecular complexity index is 1130. The van der Waals surface area contributed by atoms with E-state index >= 15 is 0 Å². The molecular weight excluding hydrogens is 526 g/mol. The Kier molecular flexibility index (Phi) is 12.4. The molecule has 0 aliphatic heterocycles. The number of ether oxygens (including phenoxy) is 2. The molecule has 2 rings (SSSR count). The van der Waals surface area contributed by atoms with E-state index < -0.39 is 23.8 Å². The van der Waals surface area contributed by atoms with Gasteiger partial charge in [-0.2, -0.15) is 11.8 Å². The number of benzene rings is 2. The third kappa shape index (κ3) is 9.77. The number of carbonyl (C=O) groups is 3. The lowest BCUT2D eigenvalue weighted by molar-refractivity contribution is -0.143. The van der Waals surface area contributed by atoms with Crippen molar-refractivity contribution in [1.82, 2.24) is 10.2 Å². The highest BCUT2D eigenvalue weighted by Gasteiger charge is 2.38. The van der Waals surface area contributed by atoms with Crippen LogP contribution in [0.2, 0.25) is 0 Å². The average Bonchev–Trinajstić information content (AvgIpc) is 2.87. The van der Waals surface area contributed by atoms with Gasteiger partial charge in [0.05, 0.1) is 7.11 Å². The zero-order valence-corrected chi connectivity index (χ0v) is 26.1. The number of hydrogen-bond donors (Lipinski definition) is 2. The number of anilines is 1. The van der Waals surface area contributed by atoms with Crippen molar-refractivity contribution in [1.29, 1.82) is 0 Å². The third-order valence-electron chi connectivity index (χ3n) is 6.36. The molecule has 0 saturated carbocycles.